The molecular weight excluding hydrogens is 199 g/mol. The molecule has 0 aromatic carbocycles. The molecule has 1 saturated heterocycles. The summed E-state index contributed by atoms with van der Waals surface area (Å²) in [6.45, 7) is 0.308. The molecule has 1 unspecified atom stereocenters. The van der Waals surface area contributed by atoms with Crippen LogP contribution in [0.15, 0.2) is 18.3 Å². The summed E-state index contributed by atoms with van der Waals surface area (Å²) >= 11 is 0. The van der Waals surface area contributed by atoms with Crippen molar-refractivity contribution in [2.45, 2.75) is 6.42 Å². The minimum absolute atomic E-state index is 0.0515. The molecule has 5 heteroatoms. The molecule has 80 valence electrons. The highest BCUT2D eigenvalue weighted by Crippen LogP contribution is 2.25. The van der Waals surface area contributed by atoms with Gasteiger partial charge in [-0.05, 0) is 12.1 Å². The molecular formula is C10H11FN2O2. The van der Waals surface area contributed by atoms with Gasteiger partial charge in [-0.15, -0.1) is 0 Å². The summed E-state index contributed by atoms with van der Waals surface area (Å²) in [5.74, 6) is -0.914. The van der Waals surface area contributed by atoms with E-state index in [9.17, 15) is 9.18 Å². The van der Waals surface area contributed by atoms with Gasteiger partial charge in [-0.1, -0.05) is 0 Å². The van der Waals surface area contributed by atoms with Crippen LogP contribution in [0.25, 0.3) is 0 Å². The van der Waals surface area contributed by atoms with E-state index in [0.29, 0.717) is 6.54 Å². The Morgan fingerprint density at radius 1 is 1.67 bits per heavy atom. The Balaban J connectivity index is 2.25. The Morgan fingerprint density at radius 3 is 3.07 bits per heavy atom. The van der Waals surface area contributed by atoms with E-state index in [1.807, 2.05) is 0 Å². The molecule has 1 aromatic rings. The van der Waals surface area contributed by atoms with Crippen molar-refractivity contribution >= 4 is 11.6 Å². The third-order valence-corrected chi connectivity index (χ3v) is 2.49. The number of amides is 1. The van der Waals surface area contributed by atoms with Crippen LogP contribution in [0, 0.1) is 11.9 Å². The van der Waals surface area contributed by atoms with Crippen molar-refractivity contribution in [3.8, 4) is 0 Å². The zero-order chi connectivity index (χ0) is 10.8. The molecule has 1 aromatic heterocycles. The second-order valence-corrected chi connectivity index (χ2v) is 3.57. The molecule has 2 heterocycles. The molecule has 0 radical (unpaired) electrons. The van der Waals surface area contributed by atoms with Crippen LogP contribution < -0.4 is 4.90 Å². The van der Waals surface area contributed by atoms with E-state index in [1.54, 1.807) is 6.07 Å². The average molecular weight is 210 g/mol. The maximum atomic E-state index is 13.3. The zero-order valence-electron chi connectivity index (χ0n) is 8.06. The van der Waals surface area contributed by atoms with Crippen LogP contribution in [0.1, 0.15) is 6.42 Å². The van der Waals surface area contributed by atoms with E-state index >= 15 is 0 Å². The lowest BCUT2D eigenvalue weighted by Crippen LogP contribution is -2.26. The summed E-state index contributed by atoms with van der Waals surface area (Å²) in [5.41, 5.74) is 0.193. The number of carbonyl (C=O) groups excluding carboxylic acids is 1. The van der Waals surface area contributed by atoms with Gasteiger partial charge in [0.05, 0.1) is 5.69 Å². The first-order valence-electron chi connectivity index (χ1n) is 4.74. The zero-order valence-corrected chi connectivity index (χ0v) is 8.06. The third-order valence-electron chi connectivity index (χ3n) is 2.49. The fourth-order valence-corrected chi connectivity index (χ4v) is 1.72. The van der Waals surface area contributed by atoms with Crippen molar-refractivity contribution in [1.82, 2.24) is 4.98 Å². The number of rotatable bonds is 2. The van der Waals surface area contributed by atoms with E-state index in [-0.39, 0.29) is 30.5 Å². The average Bonchev–Trinajstić information content (AvgIpc) is 2.60. The fraction of sp³-hybridized carbons (Fsp3) is 0.400. The van der Waals surface area contributed by atoms with Gasteiger partial charge in [-0.25, -0.2) is 4.98 Å². The third kappa shape index (κ3) is 1.83. The summed E-state index contributed by atoms with van der Waals surface area (Å²) in [5, 5.41) is 8.93. The predicted octanol–water partition coefficient (Wildman–Crippen LogP) is 0.566. The minimum Gasteiger partial charge on any atom is -0.396 e. The number of hydrogen-bond donors (Lipinski definition) is 1. The van der Waals surface area contributed by atoms with Gasteiger partial charge in [0, 0.05) is 31.7 Å². The monoisotopic (exact) mass is 210 g/mol. The largest absolute Gasteiger partial charge is 0.396 e. The molecule has 1 amide bonds. The number of hydrogen-bond acceptors (Lipinski definition) is 3. The summed E-state index contributed by atoms with van der Waals surface area (Å²) in [6.07, 6.45) is 1.60. The van der Waals surface area contributed by atoms with Gasteiger partial charge in [-0.2, -0.15) is 4.39 Å². The molecule has 1 aliphatic heterocycles. The van der Waals surface area contributed by atoms with Crippen LogP contribution in [-0.2, 0) is 4.79 Å². The van der Waals surface area contributed by atoms with Crippen LogP contribution in [-0.4, -0.2) is 29.1 Å². The van der Waals surface area contributed by atoms with Crippen molar-refractivity contribution in [3.05, 3.63) is 24.3 Å². The smallest absolute Gasteiger partial charge is 0.236 e. The standard InChI is InChI=1S/C10H11FN2O2/c11-10-8(2-1-3-12-10)13-5-7(6-14)4-9(13)15/h1-3,7,14H,4-6H2. The lowest BCUT2D eigenvalue weighted by Gasteiger charge is -2.16. The Labute approximate surface area is 86.4 Å². The maximum absolute atomic E-state index is 13.3. The van der Waals surface area contributed by atoms with Crippen molar-refractivity contribution in [3.63, 3.8) is 0 Å². The molecule has 1 aliphatic rings. The van der Waals surface area contributed by atoms with Gasteiger partial charge in [-0.3, -0.25) is 4.79 Å². The summed E-state index contributed by atoms with van der Waals surface area (Å²) in [7, 11) is 0. The number of aliphatic hydroxyl groups excluding tert-OH is 1. The Hall–Kier alpha value is -1.49. The maximum Gasteiger partial charge on any atom is 0.236 e. The highest BCUT2D eigenvalue weighted by molar-refractivity contribution is 5.95. The second kappa shape index (κ2) is 3.94. The molecule has 0 aliphatic carbocycles. The van der Waals surface area contributed by atoms with Crippen LogP contribution in [0.4, 0.5) is 10.1 Å². The Kier molecular flexibility index (Phi) is 2.64. The molecule has 4 nitrogen and oxygen atoms in total. The highest BCUT2D eigenvalue weighted by Gasteiger charge is 2.31. The number of aromatic nitrogens is 1. The highest BCUT2D eigenvalue weighted by atomic mass is 19.1. The van der Waals surface area contributed by atoms with Gasteiger partial charge in [0.2, 0.25) is 11.9 Å². The summed E-state index contributed by atoms with van der Waals surface area (Å²) in [4.78, 5) is 16.3. The van der Waals surface area contributed by atoms with Gasteiger partial charge in [0.25, 0.3) is 0 Å². The molecule has 1 atom stereocenters. The predicted molar refractivity (Wildman–Crippen MR) is 51.7 cm³/mol. The van der Waals surface area contributed by atoms with E-state index in [0.717, 1.165) is 0 Å². The first-order valence-corrected chi connectivity index (χ1v) is 4.74. The normalized spacial score (nSPS) is 21.1. The summed E-state index contributed by atoms with van der Waals surface area (Å²) < 4.78 is 13.3. The lowest BCUT2D eigenvalue weighted by atomic mass is 10.1. The number of anilines is 1. The van der Waals surface area contributed by atoms with Crippen molar-refractivity contribution in [2.75, 3.05) is 18.1 Å². The molecule has 0 spiro atoms. The van der Waals surface area contributed by atoms with Crippen LogP contribution in [0.2, 0.25) is 0 Å². The van der Waals surface area contributed by atoms with E-state index < -0.39 is 5.95 Å². The molecule has 0 bridgehead atoms. The van der Waals surface area contributed by atoms with Crippen molar-refractivity contribution in [2.24, 2.45) is 5.92 Å². The van der Waals surface area contributed by atoms with E-state index in [2.05, 4.69) is 4.98 Å². The number of pyridine rings is 1. The summed E-state index contributed by atoms with van der Waals surface area (Å²) in [6, 6.07) is 3.10. The van der Waals surface area contributed by atoms with Gasteiger partial charge in [0.15, 0.2) is 0 Å². The van der Waals surface area contributed by atoms with Gasteiger partial charge < -0.3 is 10.0 Å². The number of aliphatic hydroxyl groups is 1. The Morgan fingerprint density at radius 2 is 2.47 bits per heavy atom. The van der Waals surface area contributed by atoms with Gasteiger partial charge >= 0.3 is 0 Å². The molecule has 0 saturated carbocycles. The van der Waals surface area contributed by atoms with Crippen LogP contribution >= 0.6 is 0 Å². The number of nitrogens with zero attached hydrogens (tertiary/aromatic N) is 2. The first-order chi connectivity index (χ1) is 7.22. The van der Waals surface area contributed by atoms with E-state index in [4.69, 9.17) is 5.11 Å². The second-order valence-electron chi connectivity index (χ2n) is 3.57. The quantitative estimate of drug-likeness (QED) is 0.726. The molecule has 15 heavy (non-hydrogen) atoms. The van der Waals surface area contributed by atoms with Crippen LogP contribution in [0.5, 0.6) is 0 Å². The van der Waals surface area contributed by atoms with E-state index in [1.165, 1.54) is 17.2 Å². The lowest BCUT2D eigenvalue weighted by molar-refractivity contribution is -0.117. The van der Waals surface area contributed by atoms with Crippen molar-refractivity contribution < 1.29 is 14.3 Å². The SMILES string of the molecule is O=C1CC(CO)CN1c1cccnc1F. The number of halogens is 1. The van der Waals surface area contributed by atoms with Gasteiger partial charge in [0.1, 0.15) is 0 Å². The molecule has 1 fully saturated rings. The number of carbonyl (C=O) groups is 1. The van der Waals surface area contributed by atoms with Crippen LogP contribution in [0.3, 0.4) is 0 Å². The molecule has 2 rings (SSSR count). The first kappa shape index (κ1) is 10.0. The Bertz CT molecular complexity index is 383. The topological polar surface area (TPSA) is 53.4 Å². The van der Waals surface area contributed by atoms with Crippen molar-refractivity contribution in [1.29, 1.82) is 0 Å². The fourth-order valence-electron chi connectivity index (χ4n) is 1.72. The molecule has 1 N–H and O–H groups in total. The minimum atomic E-state index is -0.649.